The zero-order valence-corrected chi connectivity index (χ0v) is 12.5. The van der Waals surface area contributed by atoms with Crippen molar-refractivity contribution in [1.82, 2.24) is 15.5 Å². The smallest absolute Gasteiger partial charge is 0.220 e. The van der Waals surface area contributed by atoms with E-state index < -0.39 is 0 Å². The molecule has 4 heteroatoms. The lowest BCUT2D eigenvalue weighted by molar-refractivity contribution is -0.122. The predicted molar refractivity (Wildman–Crippen MR) is 78.0 cm³/mol. The van der Waals surface area contributed by atoms with Crippen molar-refractivity contribution in [2.75, 3.05) is 32.7 Å². The molecule has 2 aliphatic rings. The van der Waals surface area contributed by atoms with Gasteiger partial charge >= 0.3 is 0 Å². The van der Waals surface area contributed by atoms with Crippen molar-refractivity contribution in [2.45, 2.75) is 45.6 Å². The highest BCUT2D eigenvalue weighted by atomic mass is 16.1. The van der Waals surface area contributed by atoms with E-state index in [9.17, 15) is 4.79 Å². The zero-order valence-electron chi connectivity index (χ0n) is 12.5. The first kappa shape index (κ1) is 14.8. The van der Waals surface area contributed by atoms with Crippen LogP contribution in [0.5, 0.6) is 0 Å². The Morgan fingerprint density at radius 1 is 1.26 bits per heavy atom. The molecule has 2 saturated heterocycles. The summed E-state index contributed by atoms with van der Waals surface area (Å²) in [5.41, 5.74) is 0. The number of hydrogen-bond acceptors (Lipinski definition) is 3. The second-order valence-corrected chi connectivity index (χ2v) is 6.44. The van der Waals surface area contributed by atoms with Crippen molar-refractivity contribution in [1.29, 1.82) is 0 Å². The molecule has 0 bridgehead atoms. The molecule has 0 aliphatic carbocycles. The quantitative estimate of drug-likeness (QED) is 0.787. The number of likely N-dealkylation sites (tertiary alicyclic amines) is 1. The van der Waals surface area contributed by atoms with E-state index in [-0.39, 0.29) is 5.91 Å². The first-order valence-corrected chi connectivity index (χ1v) is 7.86. The highest BCUT2D eigenvalue weighted by Gasteiger charge is 2.24. The number of carbonyl (C=O) groups excluding carboxylic acids is 1. The molecule has 19 heavy (non-hydrogen) atoms. The molecular formula is C15H29N3O. The summed E-state index contributed by atoms with van der Waals surface area (Å²) in [5.74, 6) is 1.51. The van der Waals surface area contributed by atoms with Gasteiger partial charge in [0, 0.05) is 25.6 Å². The molecule has 2 aliphatic heterocycles. The molecular weight excluding hydrogens is 238 g/mol. The Bertz CT molecular complexity index is 287. The van der Waals surface area contributed by atoms with Gasteiger partial charge in [-0.1, -0.05) is 0 Å². The van der Waals surface area contributed by atoms with Crippen LogP contribution in [-0.4, -0.2) is 49.6 Å². The lowest BCUT2D eigenvalue weighted by Crippen LogP contribution is -2.35. The van der Waals surface area contributed by atoms with Gasteiger partial charge in [0.1, 0.15) is 0 Å². The topological polar surface area (TPSA) is 44.4 Å². The molecule has 0 saturated carbocycles. The number of amides is 1. The monoisotopic (exact) mass is 267 g/mol. The van der Waals surface area contributed by atoms with Gasteiger partial charge in [0.25, 0.3) is 0 Å². The fourth-order valence-electron chi connectivity index (χ4n) is 3.18. The summed E-state index contributed by atoms with van der Waals surface area (Å²) in [6.45, 7) is 9.84. The van der Waals surface area contributed by atoms with E-state index in [1.165, 1.54) is 13.0 Å². The Kier molecular flexibility index (Phi) is 5.64. The van der Waals surface area contributed by atoms with Crippen molar-refractivity contribution in [3.05, 3.63) is 0 Å². The van der Waals surface area contributed by atoms with Crippen LogP contribution < -0.4 is 10.6 Å². The second kappa shape index (κ2) is 7.25. The summed E-state index contributed by atoms with van der Waals surface area (Å²) in [5, 5.41) is 6.49. The van der Waals surface area contributed by atoms with Crippen LogP contribution in [0.2, 0.25) is 0 Å². The molecule has 0 aromatic heterocycles. The van der Waals surface area contributed by atoms with Crippen molar-refractivity contribution in [2.24, 2.45) is 11.8 Å². The van der Waals surface area contributed by atoms with Crippen LogP contribution in [0.3, 0.4) is 0 Å². The molecule has 110 valence electrons. The number of rotatable bonds is 5. The largest absolute Gasteiger partial charge is 0.356 e. The highest BCUT2D eigenvalue weighted by molar-refractivity contribution is 5.76. The predicted octanol–water partition coefficient (Wildman–Crippen LogP) is 1.22. The lowest BCUT2D eigenvalue weighted by atomic mass is 9.94. The first-order chi connectivity index (χ1) is 9.15. The summed E-state index contributed by atoms with van der Waals surface area (Å²) in [4.78, 5) is 14.4. The van der Waals surface area contributed by atoms with Crippen molar-refractivity contribution in [3.63, 3.8) is 0 Å². The number of nitrogens with zero attached hydrogens (tertiary/aromatic N) is 1. The van der Waals surface area contributed by atoms with Crippen LogP contribution in [0.15, 0.2) is 0 Å². The van der Waals surface area contributed by atoms with E-state index in [1.807, 2.05) is 0 Å². The Hall–Kier alpha value is -0.610. The normalized spacial score (nSPS) is 25.9. The molecule has 2 N–H and O–H groups in total. The molecule has 4 nitrogen and oxygen atoms in total. The minimum Gasteiger partial charge on any atom is -0.356 e. The Morgan fingerprint density at radius 2 is 2.00 bits per heavy atom. The highest BCUT2D eigenvalue weighted by Crippen LogP contribution is 2.18. The van der Waals surface area contributed by atoms with Crippen LogP contribution in [0.4, 0.5) is 0 Å². The molecule has 0 aromatic rings. The van der Waals surface area contributed by atoms with E-state index in [4.69, 9.17) is 0 Å². The number of nitrogens with one attached hydrogen (secondary N) is 2. The molecule has 0 spiro atoms. The second-order valence-electron chi connectivity index (χ2n) is 6.44. The van der Waals surface area contributed by atoms with Gasteiger partial charge in [-0.3, -0.25) is 4.79 Å². The van der Waals surface area contributed by atoms with E-state index in [1.54, 1.807) is 0 Å². The fourth-order valence-corrected chi connectivity index (χ4v) is 3.18. The average Bonchev–Trinajstić information content (AvgIpc) is 2.86. The van der Waals surface area contributed by atoms with Gasteiger partial charge in [-0.15, -0.1) is 0 Å². The summed E-state index contributed by atoms with van der Waals surface area (Å²) >= 11 is 0. The van der Waals surface area contributed by atoms with E-state index in [0.29, 0.717) is 17.9 Å². The Balaban J connectivity index is 1.61. The third-order valence-corrected chi connectivity index (χ3v) is 4.57. The van der Waals surface area contributed by atoms with E-state index in [0.717, 1.165) is 45.4 Å². The van der Waals surface area contributed by atoms with Gasteiger partial charge in [0.05, 0.1) is 0 Å². The number of piperidine rings is 1. The van der Waals surface area contributed by atoms with Crippen LogP contribution in [-0.2, 0) is 4.79 Å². The average molecular weight is 267 g/mol. The maximum absolute atomic E-state index is 11.9. The van der Waals surface area contributed by atoms with Crippen LogP contribution >= 0.6 is 0 Å². The van der Waals surface area contributed by atoms with Crippen LogP contribution in [0.1, 0.15) is 39.5 Å². The fraction of sp³-hybridized carbons (Fsp3) is 0.933. The van der Waals surface area contributed by atoms with Gasteiger partial charge < -0.3 is 15.5 Å². The molecule has 1 amide bonds. The maximum atomic E-state index is 11.9. The van der Waals surface area contributed by atoms with Gasteiger partial charge in [-0.25, -0.2) is 0 Å². The number of hydrogen-bond donors (Lipinski definition) is 2. The standard InChI is InChI=1S/C15H29N3O/c1-12(2)18-8-5-14(11-18)10-17-15(19)9-13-3-6-16-7-4-13/h12-14,16H,3-11H2,1-2H3,(H,17,19). The van der Waals surface area contributed by atoms with Crippen LogP contribution in [0, 0.1) is 11.8 Å². The van der Waals surface area contributed by atoms with Gasteiger partial charge in [-0.05, 0) is 64.6 Å². The third kappa shape index (κ3) is 4.77. The third-order valence-electron chi connectivity index (χ3n) is 4.57. The maximum Gasteiger partial charge on any atom is 0.220 e. The van der Waals surface area contributed by atoms with Gasteiger partial charge in [0.2, 0.25) is 5.91 Å². The first-order valence-electron chi connectivity index (χ1n) is 7.86. The van der Waals surface area contributed by atoms with Gasteiger partial charge in [-0.2, -0.15) is 0 Å². The van der Waals surface area contributed by atoms with Crippen LogP contribution in [0.25, 0.3) is 0 Å². The summed E-state index contributed by atoms with van der Waals surface area (Å²) < 4.78 is 0. The molecule has 2 heterocycles. The summed E-state index contributed by atoms with van der Waals surface area (Å²) in [6.07, 6.45) is 4.25. The van der Waals surface area contributed by atoms with Crippen molar-refractivity contribution >= 4 is 5.91 Å². The van der Waals surface area contributed by atoms with Crippen molar-refractivity contribution < 1.29 is 4.79 Å². The van der Waals surface area contributed by atoms with Crippen molar-refractivity contribution in [3.8, 4) is 0 Å². The number of carbonyl (C=O) groups is 1. The molecule has 1 unspecified atom stereocenters. The lowest BCUT2D eigenvalue weighted by Gasteiger charge is -2.22. The molecule has 0 aromatic carbocycles. The molecule has 2 rings (SSSR count). The van der Waals surface area contributed by atoms with E-state index >= 15 is 0 Å². The van der Waals surface area contributed by atoms with E-state index in [2.05, 4.69) is 29.4 Å². The minimum absolute atomic E-state index is 0.259. The zero-order chi connectivity index (χ0) is 13.7. The summed E-state index contributed by atoms with van der Waals surface area (Å²) in [6, 6.07) is 0.635. The summed E-state index contributed by atoms with van der Waals surface area (Å²) in [7, 11) is 0. The Labute approximate surface area is 117 Å². The Morgan fingerprint density at radius 3 is 2.63 bits per heavy atom. The SMILES string of the molecule is CC(C)N1CCC(CNC(=O)CC2CCNCC2)C1. The minimum atomic E-state index is 0.259. The molecule has 0 radical (unpaired) electrons. The molecule has 1 atom stereocenters. The molecule has 2 fully saturated rings. The van der Waals surface area contributed by atoms with Gasteiger partial charge in [0.15, 0.2) is 0 Å².